The predicted molar refractivity (Wildman–Crippen MR) is 121 cm³/mol. The monoisotopic (exact) mass is 527 g/mol. The molecule has 30 heavy (non-hydrogen) atoms. The Labute approximate surface area is 188 Å². The fourth-order valence-electron chi connectivity index (χ4n) is 2.43. The maximum atomic E-state index is 12.9. The first-order chi connectivity index (χ1) is 14.4. The Hall–Kier alpha value is -2.69. The van der Waals surface area contributed by atoms with Gasteiger partial charge in [-0.15, -0.1) is 0 Å². The van der Waals surface area contributed by atoms with Gasteiger partial charge >= 0.3 is 0 Å². The van der Waals surface area contributed by atoms with Crippen molar-refractivity contribution in [3.8, 4) is 11.5 Å². The van der Waals surface area contributed by atoms with E-state index in [2.05, 4.69) is 38.4 Å². The lowest BCUT2D eigenvalue weighted by Crippen LogP contribution is -2.20. The quantitative estimate of drug-likeness (QED) is 0.277. The van der Waals surface area contributed by atoms with Gasteiger partial charge in [0.05, 0.1) is 23.0 Å². The van der Waals surface area contributed by atoms with Gasteiger partial charge in [0.25, 0.3) is 0 Å². The molecule has 0 aliphatic heterocycles. The van der Waals surface area contributed by atoms with Gasteiger partial charge in [0.15, 0.2) is 11.5 Å². The zero-order valence-electron chi connectivity index (χ0n) is 16.7. The molecule has 0 bridgehead atoms. The van der Waals surface area contributed by atoms with E-state index in [9.17, 15) is 14.0 Å². The third-order valence-corrected chi connectivity index (χ3v) is 4.53. The topological polar surface area (TPSA) is 89.0 Å². The molecule has 0 atom stereocenters. The zero-order valence-corrected chi connectivity index (χ0v) is 18.9. The molecule has 0 aliphatic carbocycles. The van der Waals surface area contributed by atoms with E-state index in [4.69, 9.17) is 9.47 Å². The van der Waals surface area contributed by atoms with E-state index in [-0.39, 0.29) is 24.6 Å². The minimum atomic E-state index is -0.397. The van der Waals surface area contributed by atoms with Crippen LogP contribution in [0.3, 0.4) is 0 Å². The summed E-state index contributed by atoms with van der Waals surface area (Å²) in [6.45, 7) is 4.80. The van der Waals surface area contributed by atoms with Crippen LogP contribution in [0.1, 0.15) is 32.3 Å². The number of benzene rings is 2. The molecular formula is C21H23FIN3O4. The van der Waals surface area contributed by atoms with Gasteiger partial charge in [-0.1, -0.05) is 0 Å². The SMILES string of the molecule is CCOc1cc(C=NNC(=O)CCC(=O)Nc2ccc(F)cc2)cc(I)c1OCC. The van der Waals surface area contributed by atoms with Crippen LogP contribution in [0.15, 0.2) is 41.5 Å². The first-order valence-corrected chi connectivity index (χ1v) is 10.5. The lowest BCUT2D eigenvalue weighted by Gasteiger charge is -2.13. The minimum absolute atomic E-state index is 0.0197. The highest BCUT2D eigenvalue weighted by molar-refractivity contribution is 14.1. The number of rotatable bonds is 10. The van der Waals surface area contributed by atoms with Gasteiger partial charge in [-0.25, -0.2) is 9.82 Å². The number of anilines is 1. The summed E-state index contributed by atoms with van der Waals surface area (Å²) in [4.78, 5) is 23.8. The average Bonchev–Trinajstić information content (AvgIpc) is 2.71. The van der Waals surface area contributed by atoms with Crippen LogP contribution in [0.4, 0.5) is 10.1 Å². The van der Waals surface area contributed by atoms with Gasteiger partial charge in [0.1, 0.15) is 5.82 Å². The lowest BCUT2D eigenvalue weighted by atomic mass is 10.2. The van der Waals surface area contributed by atoms with E-state index < -0.39 is 5.91 Å². The van der Waals surface area contributed by atoms with Crippen LogP contribution in [0.25, 0.3) is 0 Å². The molecule has 0 heterocycles. The van der Waals surface area contributed by atoms with Crippen molar-refractivity contribution in [2.45, 2.75) is 26.7 Å². The Kier molecular flexibility index (Phi) is 9.52. The number of hydrogen-bond acceptors (Lipinski definition) is 5. The number of carbonyl (C=O) groups is 2. The first kappa shape index (κ1) is 23.6. The number of carbonyl (C=O) groups excluding carboxylic acids is 2. The Bertz CT molecular complexity index is 904. The summed E-state index contributed by atoms with van der Waals surface area (Å²) in [6, 6.07) is 9.03. The molecular weight excluding hydrogens is 504 g/mol. The van der Waals surface area contributed by atoms with Gasteiger partial charge in [-0.05, 0) is 78.4 Å². The minimum Gasteiger partial charge on any atom is -0.490 e. The molecule has 2 amide bonds. The average molecular weight is 527 g/mol. The highest BCUT2D eigenvalue weighted by atomic mass is 127. The van der Waals surface area contributed by atoms with E-state index >= 15 is 0 Å². The van der Waals surface area contributed by atoms with Crippen molar-refractivity contribution in [1.29, 1.82) is 0 Å². The molecule has 2 rings (SSSR count). The zero-order chi connectivity index (χ0) is 21.9. The van der Waals surface area contributed by atoms with E-state index in [1.807, 2.05) is 19.9 Å². The number of hydrazone groups is 1. The van der Waals surface area contributed by atoms with E-state index in [1.165, 1.54) is 30.5 Å². The van der Waals surface area contributed by atoms with E-state index in [0.29, 0.717) is 30.4 Å². The molecule has 0 radical (unpaired) electrons. The molecule has 0 saturated carbocycles. The molecule has 0 aromatic heterocycles. The van der Waals surface area contributed by atoms with Crippen LogP contribution >= 0.6 is 22.6 Å². The molecule has 0 aliphatic rings. The molecule has 2 N–H and O–H groups in total. The highest BCUT2D eigenvalue weighted by Gasteiger charge is 2.11. The van der Waals surface area contributed by atoms with Crippen LogP contribution in [0.5, 0.6) is 11.5 Å². The summed E-state index contributed by atoms with van der Waals surface area (Å²) >= 11 is 2.15. The normalized spacial score (nSPS) is 10.7. The van der Waals surface area contributed by atoms with Crippen LogP contribution < -0.4 is 20.2 Å². The van der Waals surface area contributed by atoms with Gasteiger partial charge in [0.2, 0.25) is 11.8 Å². The number of amides is 2. The second kappa shape index (κ2) is 12.1. The smallest absolute Gasteiger partial charge is 0.240 e. The molecule has 2 aromatic carbocycles. The molecule has 0 saturated heterocycles. The molecule has 160 valence electrons. The summed E-state index contributed by atoms with van der Waals surface area (Å²) in [7, 11) is 0. The van der Waals surface area contributed by atoms with Crippen LogP contribution in [0, 0.1) is 9.39 Å². The number of nitrogens with zero attached hydrogens (tertiary/aromatic N) is 1. The van der Waals surface area contributed by atoms with Gasteiger partial charge in [-0.2, -0.15) is 5.10 Å². The summed E-state index contributed by atoms with van der Waals surface area (Å²) in [5, 5.41) is 6.53. The second-order valence-corrected chi connectivity index (χ2v) is 7.21. The third-order valence-electron chi connectivity index (χ3n) is 3.73. The molecule has 0 fully saturated rings. The molecule has 9 heteroatoms. The van der Waals surface area contributed by atoms with Crippen molar-refractivity contribution < 1.29 is 23.5 Å². The van der Waals surface area contributed by atoms with Gasteiger partial charge in [-0.3, -0.25) is 9.59 Å². The molecule has 7 nitrogen and oxygen atoms in total. The highest BCUT2D eigenvalue weighted by Crippen LogP contribution is 2.33. The third kappa shape index (κ3) is 7.62. The molecule has 2 aromatic rings. The Balaban J connectivity index is 1.86. The molecule has 0 spiro atoms. The Morgan fingerprint density at radius 1 is 1.07 bits per heavy atom. The fourth-order valence-corrected chi connectivity index (χ4v) is 3.21. The summed E-state index contributed by atoms with van der Waals surface area (Å²) in [5.41, 5.74) is 3.60. The first-order valence-electron chi connectivity index (χ1n) is 9.39. The number of ether oxygens (including phenoxy) is 2. The van der Waals surface area contributed by atoms with E-state index in [0.717, 1.165) is 9.13 Å². The standard InChI is InChI=1S/C21H23FIN3O4/c1-3-29-18-12-14(11-17(23)21(18)30-4-2)13-24-26-20(28)10-9-19(27)25-16-7-5-15(22)6-8-16/h5-8,11-13H,3-4,9-10H2,1-2H3,(H,25,27)(H,26,28). The van der Waals surface area contributed by atoms with Crippen LogP contribution in [-0.2, 0) is 9.59 Å². The van der Waals surface area contributed by atoms with Crippen molar-refractivity contribution >= 4 is 46.3 Å². The summed E-state index contributed by atoms with van der Waals surface area (Å²) in [6.07, 6.45) is 1.44. The maximum absolute atomic E-state index is 12.9. The summed E-state index contributed by atoms with van der Waals surface area (Å²) in [5.74, 6) is 0.153. The van der Waals surface area contributed by atoms with Gasteiger partial charge in [0, 0.05) is 18.5 Å². The second-order valence-electron chi connectivity index (χ2n) is 6.04. The Morgan fingerprint density at radius 2 is 1.73 bits per heavy atom. The maximum Gasteiger partial charge on any atom is 0.240 e. The fraction of sp³-hybridized carbons (Fsp3) is 0.286. The summed E-state index contributed by atoms with van der Waals surface area (Å²) < 4.78 is 25.0. The van der Waals surface area contributed by atoms with Gasteiger partial charge < -0.3 is 14.8 Å². The number of hydrogen-bond donors (Lipinski definition) is 2. The largest absolute Gasteiger partial charge is 0.490 e. The van der Waals surface area contributed by atoms with Crippen molar-refractivity contribution in [2.24, 2.45) is 5.10 Å². The lowest BCUT2D eigenvalue weighted by molar-refractivity contribution is -0.124. The Morgan fingerprint density at radius 3 is 2.40 bits per heavy atom. The van der Waals surface area contributed by atoms with Crippen LogP contribution in [-0.4, -0.2) is 31.2 Å². The van der Waals surface area contributed by atoms with Crippen LogP contribution in [0.2, 0.25) is 0 Å². The van der Waals surface area contributed by atoms with Crippen molar-refractivity contribution in [3.63, 3.8) is 0 Å². The van der Waals surface area contributed by atoms with Crippen molar-refractivity contribution in [2.75, 3.05) is 18.5 Å². The number of nitrogens with one attached hydrogen (secondary N) is 2. The van der Waals surface area contributed by atoms with Crippen molar-refractivity contribution in [1.82, 2.24) is 5.43 Å². The van der Waals surface area contributed by atoms with Crippen molar-refractivity contribution in [3.05, 3.63) is 51.3 Å². The number of halogens is 2. The predicted octanol–water partition coefficient (Wildman–Crippen LogP) is 4.10. The van der Waals surface area contributed by atoms with E-state index in [1.54, 1.807) is 6.07 Å². The molecule has 0 unspecified atom stereocenters.